The topological polar surface area (TPSA) is 81.8 Å². The number of rotatable bonds is 8. The summed E-state index contributed by atoms with van der Waals surface area (Å²) >= 11 is 0. The van der Waals surface area contributed by atoms with Gasteiger partial charge >= 0.3 is 5.97 Å². The van der Waals surface area contributed by atoms with Gasteiger partial charge in [-0.1, -0.05) is 6.07 Å². The summed E-state index contributed by atoms with van der Waals surface area (Å²) in [5, 5.41) is 8.69. The second-order valence-corrected chi connectivity index (χ2v) is 4.21. The molecule has 19 heavy (non-hydrogen) atoms. The van der Waals surface area contributed by atoms with Crippen LogP contribution < -0.4 is 15.2 Å². The molecule has 1 aromatic carbocycles. The lowest BCUT2D eigenvalue weighted by molar-refractivity contribution is -0.137. The van der Waals surface area contributed by atoms with E-state index in [2.05, 4.69) is 0 Å². The van der Waals surface area contributed by atoms with Crippen LogP contribution in [0.25, 0.3) is 0 Å². The van der Waals surface area contributed by atoms with E-state index in [1.54, 1.807) is 0 Å². The van der Waals surface area contributed by atoms with Crippen molar-refractivity contribution < 1.29 is 19.4 Å². The predicted octanol–water partition coefficient (Wildman–Crippen LogP) is 1.83. The van der Waals surface area contributed by atoms with Crippen molar-refractivity contribution in [1.29, 1.82) is 0 Å². The molecule has 1 unspecified atom stereocenters. The quantitative estimate of drug-likeness (QED) is 0.751. The number of benzene rings is 1. The van der Waals surface area contributed by atoms with E-state index in [-0.39, 0.29) is 6.42 Å². The van der Waals surface area contributed by atoms with E-state index < -0.39 is 12.0 Å². The van der Waals surface area contributed by atoms with Gasteiger partial charge in [0.1, 0.15) is 0 Å². The van der Waals surface area contributed by atoms with Crippen LogP contribution in [0.4, 0.5) is 0 Å². The highest BCUT2D eigenvalue weighted by atomic mass is 16.5. The molecule has 3 N–H and O–H groups in total. The SMILES string of the molecule is CCOc1ccc(CC(N)CC(=O)O)cc1OCC. The molecular weight excluding hydrogens is 246 g/mol. The van der Waals surface area contributed by atoms with Crippen molar-refractivity contribution in [3.05, 3.63) is 23.8 Å². The third-order valence-corrected chi connectivity index (χ3v) is 2.54. The molecule has 0 aliphatic heterocycles. The van der Waals surface area contributed by atoms with Gasteiger partial charge in [0.25, 0.3) is 0 Å². The van der Waals surface area contributed by atoms with Crippen LogP contribution >= 0.6 is 0 Å². The van der Waals surface area contributed by atoms with Crippen LogP contribution in [-0.4, -0.2) is 30.3 Å². The van der Waals surface area contributed by atoms with Crippen LogP contribution in [-0.2, 0) is 11.2 Å². The molecule has 0 aromatic heterocycles. The largest absolute Gasteiger partial charge is 0.490 e. The fraction of sp³-hybridized carbons (Fsp3) is 0.500. The maximum atomic E-state index is 10.6. The molecule has 0 heterocycles. The number of carboxylic acid groups (broad SMARTS) is 1. The van der Waals surface area contributed by atoms with Gasteiger partial charge in [0.05, 0.1) is 19.6 Å². The van der Waals surface area contributed by atoms with Crippen LogP contribution in [0, 0.1) is 0 Å². The van der Waals surface area contributed by atoms with Gasteiger partial charge in [-0.2, -0.15) is 0 Å². The van der Waals surface area contributed by atoms with E-state index in [1.165, 1.54) is 0 Å². The van der Waals surface area contributed by atoms with Gasteiger partial charge in [-0.15, -0.1) is 0 Å². The normalized spacial score (nSPS) is 11.9. The van der Waals surface area contributed by atoms with Crippen LogP contribution in [0.3, 0.4) is 0 Å². The van der Waals surface area contributed by atoms with E-state index in [0.717, 1.165) is 5.56 Å². The fourth-order valence-corrected chi connectivity index (χ4v) is 1.82. The predicted molar refractivity (Wildman–Crippen MR) is 72.7 cm³/mol. The molecule has 0 aliphatic carbocycles. The third-order valence-electron chi connectivity index (χ3n) is 2.54. The Morgan fingerprint density at radius 3 is 2.47 bits per heavy atom. The van der Waals surface area contributed by atoms with Crippen LogP contribution in [0.2, 0.25) is 0 Å². The Bertz CT molecular complexity index is 420. The van der Waals surface area contributed by atoms with Crippen LogP contribution in [0.1, 0.15) is 25.8 Å². The van der Waals surface area contributed by atoms with E-state index in [4.69, 9.17) is 20.3 Å². The lowest BCUT2D eigenvalue weighted by Gasteiger charge is -2.14. The first-order valence-corrected chi connectivity index (χ1v) is 6.42. The molecule has 5 nitrogen and oxygen atoms in total. The number of carboxylic acids is 1. The summed E-state index contributed by atoms with van der Waals surface area (Å²) in [6.07, 6.45) is 0.454. The molecule has 0 bridgehead atoms. The maximum absolute atomic E-state index is 10.6. The monoisotopic (exact) mass is 267 g/mol. The molecule has 1 atom stereocenters. The lowest BCUT2D eigenvalue weighted by atomic mass is 10.0. The van der Waals surface area contributed by atoms with Gasteiger partial charge in [0.15, 0.2) is 11.5 Å². The Balaban J connectivity index is 2.79. The molecule has 0 saturated carbocycles. The Kier molecular flexibility index (Phi) is 6.15. The van der Waals surface area contributed by atoms with Gasteiger partial charge in [-0.25, -0.2) is 0 Å². The zero-order valence-corrected chi connectivity index (χ0v) is 11.4. The molecule has 1 aromatic rings. The smallest absolute Gasteiger partial charge is 0.304 e. The van der Waals surface area contributed by atoms with Crippen molar-refractivity contribution >= 4 is 5.97 Å². The van der Waals surface area contributed by atoms with Gasteiger partial charge in [0, 0.05) is 6.04 Å². The third kappa shape index (κ3) is 5.18. The average Bonchev–Trinajstić information content (AvgIpc) is 2.32. The first kappa shape index (κ1) is 15.3. The molecule has 0 saturated heterocycles. The van der Waals surface area contributed by atoms with Crippen molar-refractivity contribution in [1.82, 2.24) is 0 Å². The van der Waals surface area contributed by atoms with Crippen molar-refractivity contribution in [3.63, 3.8) is 0 Å². The summed E-state index contributed by atoms with van der Waals surface area (Å²) in [6, 6.07) is 5.17. The molecule has 1 rings (SSSR count). The summed E-state index contributed by atoms with van der Waals surface area (Å²) < 4.78 is 11.0. The molecule has 5 heteroatoms. The molecule has 0 aliphatic rings. The Morgan fingerprint density at radius 1 is 1.26 bits per heavy atom. The van der Waals surface area contributed by atoms with Crippen molar-refractivity contribution in [2.45, 2.75) is 32.7 Å². The minimum Gasteiger partial charge on any atom is -0.490 e. The number of ether oxygens (including phenoxy) is 2. The zero-order chi connectivity index (χ0) is 14.3. The highest BCUT2D eigenvalue weighted by Gasteiger charge is 2.11. The minimum atomic E-state index is -0.886. The van der Waals surface area contributed by atoms with E-state index in [9.17, 15) is 4.79 Å². The summed E-state index contributed by atoms with van der Waals surface area (Å²) in [5.74, 6) is 0.479. The highest BCUT2D eigenvalue weighted by Crippen LogP contribution is 2.29. The molecule has 0 spiro atoms. The average molecular weight is 267 g/mol. The first-order chi connectivity index (χ1) is 9.06. The Morgan fingerprint density at radius 2 is 1.89 bits per heavy atom. The van der Waals surface area contributed by atoms with Crippen molar-refractivity contribution in [2.75, 3.05) is 13.2 Å². The number of nitrogens with two attached hydrogens (primary N) is 1. The maximum Gasteiger partial charge on any atom is 0.304 e. The molecule has 0 fully saturated rings. The van der Waals surface area contributed by atoms with E-state index in [0.29, 0.717) is 31.1 Å². The number of carbonyl (C=O) groups is 1. The van der Waals surface area contributed by atoms with Gasteiger partial charge in [-0.3, -0.25) is 4.79 Å². The van der Waals surface area contributed by atoms with E-state index in [1.807, 2.05) is 32.0 Å². The fourth-order valence-electron chi connectivity index (χ4n) is 1.82. The van der Waals surface area contributed by atoms with Crippen molar-refractivity contribution in [2.24, 2.45) is 5.73 Å². The molecular formula is C14H21NO4. The number of hydrogen-bond donors (Lipinski definition) is 2. The molecule has 0 amide bonds. The summed E-state index contributed by atoms with van der Waals surface area (Å²) in [6.45, 7) is 4.92. The number of aliphatic carboxylic acids is 1. The summed E-state index contributed by atoms with van der Waals surface area (Å²) in [4.78, 5) is 10.6. The standard InChI is InChI=1S/C14H21NO4/c1-3-18-12-6-5-10(8-13(12)19-4-2)7-11(15)9-14(16)17/h5-6,8,11H,3-4,7,9,15H2,1-2H3,(H,16,17). The second kappa shape index (κ2) is 7.63. The molecule has 0 radical (unpaired) electrons. The Labute approximate surface area is 113 Å². The van der Waals surface area contributed by atoms with Gasteiger partial charge < -0.3 is 20.3 Å². The van der Waals surface area contributed by atoms with Crippen molar-refractivity contribution in [3.8, 4) is 11.5 Å². The van der Waals surface area contributed by atoms with Crippen LogP contribution in [0.15, 0.2) is 18.2 Å². The van der Waals surface area contributed by atoms with Crippen LogP contribution in [0.5, 0.6) is 11.5 Å². The lowest BCUT2D eigenvalue weighted by Crippen LogP contribution is -2.26. The Hall–Kier alpha value is -1.75. The minimum absolute atomic E-state index is 0.0445. The first-order valence-electron chi connectivity index (χ1n) is 6.42. The van der Waals surface area contributed by atoms with Gasteiger partial charge in [-0.05, 0) is 38.0 Å². The van der Waals surface area contributed by atoms with E-state index >= 15 is 0 Å². The number of hydrogen-bond acceptors (Lipinski definition) is 4. The zero-order valence-electron chi connectivity index (χ0n) is 11.4. The second-order valence-electron chi connectivity index (χ2n) is 4.21. The summed E-state index contributed by atoms with van der Waals surface area (Å²) in [7, 11) is 0. The summed E-state index contributed by atoms with van der Waals surface area (Å²) in [5.41, 5.74) is 6.72. The molecule has 106 valence electrons. The van der Waals surface area contributed by atoms with Gasteiger partial charge in [0.2, 0.25) is 0 Å². The highest BCUT2D eigenvalue weighted by molar-refractivity contribution is 5.67.